The molecule has 108 valence electrons. The lowest BCUT2D eigenvalue weighted by molar-refractivity contribution is -0.142. The topological polar surface area (TPSA) is 92.4 Å². The third kappa shape index (κ3) is 2.94. The van der Waals surface area contributed by atoms with Gasteiger partial charge in [-0.05, 0) is 18.9 Å². The molecule has 0 aromatic heterocycles. The van der Waals surface area contributed by atoms with Gasteiger partial charge < -0.3 is 16.2 Å². The predicted molar refractivity (Wildman–Crippen MR) is 75.4 cm³/mol. The molecule has 1 atom stereocenters. The molecule has 1 aromatic carbocycles. The third-order valence-corrected chi connectivity index (χ3v) is 4.03. The van der Waals surface area contributed by atoms with Crippen molar-refractivity contribution in [2.45, 2.75) is 37.3 Å². The first kappa shape index (κ1) is 14.8. The molecule has 5 nitrogen and oxygen atoms in total. The Morgan fingerprint density at radius 2 is 1.90 bits per heavy atom. The van der Waals surface area contributed by atoms with E-state index < -0.39 is 23.5 Å². The van der Waals surface area contributed by atoms with E-state index in [0.717, 1.165) is 12.8 Å². The number of hydrogen-bond donors (Lipinski definition) is 3. The lowest BCUT2D eigenvalue weighted by Gasteiger charge is -2.25. The van der Waals surface area contributed by atoms with Crippen LogP contribution in [0.25, 0.3) is 0 Å². The van der Waals surface area contributed by atoms with Crippen molar-refractivity contribution in [2.24, 2.45) is 5.73 Å². The minimum atomic E-state index is -1.18. The summed E-state index contributed by atoms with van der Waals surface area (Å²) in [5.41, 5.74) is 5.42. The Hall–Kier alpha value is -1.59. The van der Waals surface area contributed by atoms with Gasteiger partial charge in [-0.3, -0.25) is 4.79 Å². The second kappa shape index (κ2) is 5.81. The third-order valence-electron chi connectivity index (χ3n) is 3.69. The zero-order valence-electron chi connectivity index (χ0n) is 10.9. The van der Waals surface area contributed by atoms with E-state index in [1.807, 2.05) is 0 Å². The van der Waals surface area contributed by atoms with Gasteiger partial charge in [-0.2, -0.15) is 0 Å². The quantitative estimate of drug-likeness (QED) is 0.790. The fraction of sp³-hybridized carbons (Fsp3) is 0.429. The minimum absolute atomic E-state index is 0.303. The fourth-order valence-corrected chi connectivity index (χ4v) is 2.73. The van der Waals surface area contributed by atoms with E-state index in [4.69, 9.17) is 17.3 Å². The summed E-state index contributed by atoms with van der Waals surface area (Å²) in [5.74, 6) is -1.59. The molecule has 0 bridgehead atoms. The lowest BCUT2D eigenvalue weighted by atomic mass is 9.96. The van der Waals surface area contributed by atoms with Gasteiger partial charge in [-0.1, -0.05) is 42.6 Å². The molecule has 1 fully saturated rings. The van der Waals surface area contributed by atoms with Crippen molar-refractivity contribution in [3.63, 3.8) is 0 Å². The second-order valence-corrected chi connectivity index (χ2v) is 5.54. The molecule has 0 heterocycles. The number of benzene rings is 1. The Bertz CT molecular complexity index is 527. The molecule has 20 heavy (non-hydrogen) atoms. The van der Waals surface area contributed by atoms with Gasteiger partial charge in [0.25, 0.3) is 0 Å². The number of carbonyl (C=O) groups is 2. The molecule has 1 aliphatic rings. The molecule has 1 aromatic rings. The Labute approximate surface area is 122 Å². The normalized spacial score (nSPS) is 18.5. The molecular weight excluding hydrogens is 280 g/mol. The summed E-state index contributed by atoms with van der Waals surface area (Å²) in [4.78, 5) is 23.6. The molecule has 4 N–H and O–H groups in total. The van der Waals surface area contributed by atoms with Gasteiger partial charge in [0.1, 0.15) is 0 Å². The summed E-state index contributed by atoms with van der Waals surface area (Å²) >= 11 is 5.99. The van der Waals surface area contributed by atoms with Gasteiger partial charge in [-0.25, -0.2) is 4.79 Å². The highest BCUT2D eigenvalue weighted by Gasteiger charge is 2.39. The molecule has 1 saturated carbocycles. The summed E-state index contributed by atoms with van der Waals surface area (Å²) < 4.78 is 0. The monoisotopic (exact) mass is 296 g/mol. The number of nitrogens with one attached hydrogen (secondary N) is 1. The molecule has 0 saturated heterocycles. The molecule has 0 radical (unpaired) electrons. The molecule has 2 rings (SSSR count). The maximum atomic E-state index is 12.2. The number of amides is 1. The van der Waals surface area contributed by atoms with Gasteiger partial charge in [0, 0.05) is 10.6 Å². The average molecular weight is 297 g/mol. The van der Waals surface area contributed by atoms with Crippen molar-refractivity contribution in [1.29, 1.82) is 0 Å². The van der Waals surface area contributed by atoms with E-state index in [9.17, 15) is 14.7 Å². The smallest absolute Gasteiger partial charge is 0.330 e. The van der Waals surface area contributed by atoms with Gasteiger partial charge in [0.05, 0.1) is 5.54 Å². The SMILES string of the molecule is NC1(C(=O)N[C@@H](C(=O)O)c2ccccc2Cl)CCCC1. The number of carbonyl (C=O) groups excluding carboxylic acids is 1. The van der Waals surface area contributed by atoms with Crippen LogP contribution in [0.5, 0.6) is 0 Å². The Morgan fingerprint density at radius 1 is 1.30 bits per heavy atom. The molecule has 0 aliphatic heterocycles. The Morgan fingerprint density at radius 3 is 2.45 bits per heavy atom. The van der Waals surface area contributed by atoms with Gasteiger partial charge in [-0.15, -0.1) is 0 Å². The van der Waals surface area contributed by atoms with Crippen LogP contribution in [0.3, 0.4) is 0 Å². The van der Waals surface area contributed by atoms with Crippen LogP contribution >= 0.6 is 11.6 Å². The van der Waals surface area contributed by atoms with Crippen molar-refractivity contribution >= 4 is 23.5 Å². The number of rotatable bonds is 4. The van der Waals surface area contributed by atoms with Crippen molar-refractivity contribution in [3.8, 4) is 0 Å². The number of aliphatic carboxylic acids is 1. The van der Waals surface area contributed by atoms with E-state index in [2.05, 4.69) is 5.32 Å². The average Bonchev–Trinajstić information content (AvgIpc) is 2.85. The lowest BCUT2D eigenvalue weighted by Crippen LogP contribution is -2.53. The van der Waals surface area contributed by atoms with Crippen molar-refractivity contribution < 1.29 is 14.7 Å². The van der Waals surface area contributed by atoms with E-state index in [0.29, 0.717) is 23.4 Å². The first-order chi connectivity index (χ1) is 9.44. The largest absolute Gasteiger partial charge is 0.479 e. The number of carboxylic acids is 1. The predicted octanol–water partition coefficient (Wildman–Crippen LogP) is 1.85. The first-order valence-corrected chi connectivity index (χ1v) is 6.89. The summed E-state index contributed by atoms with van der Waals surface area (Å²) in [7, 11) is 0. The highest BCUT2D eigenvalue weighted by molar-refractivity contribution is 6.31. The summed E-state index contributed by atoms with van der Waals surface area (Å²) in [6.07, 6.45) is 2.92. The van der Waals surface area contributed by atoms with Crippen LogP contribution in [0.4, 0.5) is 0 Å². The second-order valence-electron chi connectivity index (χ2n) is 5.13. The van der Waals surface area contributed by atoms with Gasteiger partial charge in [0.15, 0.2) is 6.04 Å². The number of halogens is 1. The minimum Gasteiger partial charge on any atom is -0.479 e. The van der Waals surface area contributed by atoms with Crippen molar-refractivity contribution in [1.82, 2.24) is 5.32 Å². The number of nitrogens with two attached hydrogens (primary N) is 1. The van der Waals surface area contributed by atoms with Crippen molar-refractivity contribution in [2.75, 3.05) is 0 Å². The van der Waals surface area contributed by atoms with Crippen LogP contribution in [0, 0.1) is 0 Å². The summed E-state index contributed by atoms with van der Waals surface area (Å²) in [5, 5.41) is 12.1. The number of carboxylic acid groups (broad SMARTS) is 1. The van der Waals surface area contributed by atoms with E-state index in [-0.39, 0.29) is 0 Å². The molecule has 1 amide bonds. The highest BCUT2D eigenvalue weighted by atomic mass is 35.5. The summed E-state index contributed by atoms with van der Waals surface area (Å²) in [6, 6.07) is 5.37. The van der Waals surface area contributed by atoms with Crippen LogP contribution in [-0.2, 0) is 9.59 Å². The van der Waals surface area contributed by atoms with E-state index in [1.165, 1.54) is 0 Å². The maximum Gasteiger partial charge on any atom is 0.330 e. The van der Waals surface area contributed by atoms with Crippen molar-refractivity contribution in [3.05, 3.63) is 34.9 Å². The van der Waals surface area contributed by atoms with E-state index >= 15 is 0 Å². The van der Waals surface area contributed by atoms with Crippen LogP contribution in [0.15, 0.2) is 24.3 Å². The molecule has 0 unspecified atom stereocenters. The molecule has 1 aliphatic carbocycles. The van der Waals surface area contributed by atoms with Gasteiger partial charge in [0.2, 0.25) is 5.91 Å². The molecule has 6 heteroatoms. The number of hydrogen-bond acceptors (Lipinski definition) is 3. The standard InChI is InChI=1S/C14H17ClN2O3/c15-10-6-2-1-5-9(10)11(12(18)19)17-13(20)14(16)7-3-4-8-14/h1-2,5-6,11H,3-4,7-8,16H2,(H,17,20)(H,18,19)/t11-/m1/s1. The van der Waals surface area contributed by atoms with Crippen LogP contribution < -0.4 is 11.1 Å². The van der Waals surface area contributed by atoms with Crippen LogP contribution in [0.2, 0.25) is 5.02 Å². The maximum absolute atomic E-state index is 12.2. The first-order valence-electron chi connectivity index (χ1n) is 6.51. The van der Waals surface area contributed by atoms with Crippen LogP contribution in [-0.4, -0.2) is 22.5 Å². The Kier molecular flexibility index (Phi) is 4.30. The van der Waals surface area contributed by atoms with Crippen LogP contribution in [0.1, 0.15) is 37.3 Å². The Balaban J connectivity index is 2.21. The van der Waals surface area contributed by atoms with Gasteiger partial charge >= 0.3 is 5.97 Å². The zero-order chi connectivity index (χ0) is 14.8. The summed E-state index contributed by atoms with van der Waals surface area (Å²) in [6.45, 7) is 0. The zero-order valence-corrected chi connectivity index (χ0v) is 11.7. The highest BCUT2D eigenvalue weighted by Crippen LogP contribution is 2.29. The molecular formula is C14H17ClN2O3. The van der Waals surface area contributed by atoms with E-state index in [1.54, 1.807) is 24.3 Å². The fourth-order valence-electron chi connectivity index (χ4n) is 2.49. The molecule has 0 spiro atoms.